The second-order valence-electron chi connectivity index (χ2n) is 8.92. The molecular weight excluding hydrogens is 394 g/mol. The first-order chi connectivity index (χ1) is 15.1. The number of aromatic nitrogens is 2. The number of amides is 1. The molecule has 3 aliphatic rings. The van der Waals surface area contributed by atoms with Gasteiger partial charge in [-0.25, -0.2) is 9.66 Å². The number of ether oxygens (including phenoxy) is 2. The zero-order valence-electron chi connectivity index (χ0n) is 18.2. The number of likely N-dealkylation sites (tertiary alicyclic amines) is 1. The Hall–Kier alpha value is -2.42. The summed E-state index contributed by atoms with van der Waals surface area (Å²) in [6, 6.07) is 8.67. The number of rotatable bonds is 5. The number of nitrogens with one attached hydrogen (secondary N) is 2. The number of nitrogens with zero attached hydrogens (tertiary/aromatic N) is 3. The van der Waals surface area contributed by atoms with E-state index in [1.807, 2.05) is 4.68 Å². The maximum atomic E-state index is 12.9. The number of fused-ring (bicyclic) bond motifs is 1. The Bertz CT molecular complexity index is 922. The van der Waals surface area contributed by atoms with E-state index in [1.54, 1.807) is 13.3 Å². The van der Waals surface area contributed by atoms with Gasteiger partial charge in [-0.1, -0.05) is 29.8 Å². The Morgan fingerprint density at radius 3 is 2.71 bits per heavy atom. The summed E-state index contributed by atoms with van der Waals surface area (Å²) < 4.78 is 13.3. The van der Waals surface area contributed by atoms with Gasteiger partial charge in [0, 0.05) is 51.8 Å². The van der Waals surface area contributed by atoms with Crippen LogP contribution in [0.25, 0.3) is 0 Å². The minimum absolute atomic E-state index is 0.0415. The molecule has 8 heteroatoms. The van der Waals surface area contributed by atoms with Crippen molar-refractivity contribution >= 4 is 5.91 Å². The van der Waals surface area contributed by atoms with Crippen molar-refractivity contribution in [3.8, 4) is 0 Å². The van der Waals surface area contributed by atoms with Crippen molar-refractivity contribution < 1.29 is 14.3 Å². The summed E-state index contributed by atoms with van der Waals surface area (Å²) in [6.07, 6.45) is 3.37. The number of hydrogen-bond acceptors (Lipinski definition) is 6. The first-order valence-electron chi connectivity index (χ1n) is 11.2. The largest absolute Gasteiger partial charge is 0.381 e. The molecule has 2 aromatic rings. The molecule has 3 atom stereocenters. The number of benzene rings is 1. The van der Waals surface area contributed by atoms with Crippen LogP contribution < -0.4 is 10.7 Å². The highest BCUT2D eigenvalue weighted by Crippen LogP contribution is 2.30. The highest BCUT2D eigenvalue weighted by atomic mass is 16.5. The predicted molar refractivity (Wildman–Crippen MR) is 116 cm³/mol. The summed E-state index contributed by atoms with van der Waals surface area (Å²) in [4.78, 5) is 19.9. The molecule has 31 heavy (non-hydrogen) atoms. The third-order valence-corrected chi connectivity index (χ3v) is 6.81. The summed E-state index contributed by atoms with van der Waals surface area (Å²) in [5.41, 5.74) is 6.68. The Labute approximate surface area is 182 Å². The van der Waals surface area contributed by atoms with Crippen LogP contribution >= 0.6 is 0 Å². The van der Waals surface area contributed by atoms with Crippen molar-refractivity contribution in [1.29, 1.82) is 0 Å². The molecule has 0 spiro atoms. The first-order valence-corrected chi connectivity index (χ1v) is 11.2. The molecule has 0 bridgehead atoms. The molecule has 4 heterocycles. The number of hydrogen-bond donors (Lipinski definition) is 2. The summed E-state index contributed by atoms with van der Waals surface area (Å²) in [5, 5.41) is 3.14. The number of carbonyl (C=O) groups excluding carboxylic acids is 1. The van der Waals surface area contributed by atoms with Gasteiger partial charge in [-0.15, -0.1) is 0 Å². The fourth-order valence-corrected chi connectivity index (χ4v) is 5.03. The van der Waals surface area contributed by atoms with Crippen LogP contribution in [0, 0.1) is 12.8 Å². The average Bonchev–Trinajstić information content (AvgIpc) is 3.40. The van der Waals surface area contributed by atoms with Crippen molar-refractivity contribution in [1.82, 2.24) is 19.9 Å². The molecule has 2 saturated heterocycles. The average molecular weight is 426 g/mol. The van der Waals surface area contributed by atoms with Gasteiger partial charge >= 0.3 is 0 Å². The molecular formula is C23H31N5O3. The summed E-state index contributed by atoms with van der Waals surface area (Å²) in [7, 11) is 1.76. The van der Waals surface area contributed by atoms with Crippen LogP contribution in [0.2, 0.25) is 0 Å². The van der Waals surface area contributed by atoms with Gasteiger partial charge in [-0.05, 0) is 25.3 Å². The molecule has 3 aliphatic heterocycles. The second kappa shape index (κ2) is 8.61. The Morgan fingerprint density at radius 2 is 1.97 bits per heavy atom. The van der Waals surface area contributed by atoms with Gasteiger partial charge in [0.05, 0.1) is 12.3 Å². The summed E-state index contributed by atoms with van der Waals surface area (Å²) in [5.74, 6) is 1.29. The molecule has 1 aromatic carbocycles. The van der Waals surface area contributed by atoms with Crippen molar-refractivity contribution in [2.24, 2.45) is 5.92 Å². The van der Waals surface area contributed by atoms with E-state index in [0.717, 1.165) is 51.5 Å². The SMILES string of the molecule is COC1CN(Cc2ccc(C)cc2)CC1C1NC(=O)c2cnc(C3CCOCC3)n2N1. The van der Waals surface area contributed by atoms with E-state index in [2.05, 4.69) is 51.8 Å². The van der Waals surface area contributed by atoms with Crippen LogP contribution in [-0.2, 0) is 16.0 Å². The van der Waals surface area contributed by atoms with Gasteiger partial charge in [-0.3, -0.25) is 9.69 Å². The minimum atomic E-state index is -0.208. The zero-order chi connectivity index (χ0) is 21.4. The van der Waals surface area contributed by atoms with Crippen LogP contribution in [0.5, 0.6) is 0 Å². The van der Waals surface area contributed by atoms with Crippen molar-refractivity contribution in [3.05, 3.63) is 53.1 Å². The topological polar surface area (TPSA) is 80.7 Å². The molecule has 0 saturated carbocycles. The number of imidazole rings is 1. The maximum Gasteiger partial charge on any atom is 0.273 e. The third-order valence-electron chi connectivity index (χ3n) is 6.81. The van der Waals surface area contributed by atoms with E-state index in [9.17, 15) is 4.79 Å². The normalized spacial score (nSPS) is 27.0. The highest BCUT2D eigenvalue weighted by molar-refractivity contribution is 5.93. The smallest absolute Gasteiger partial charge is 0.273 e. The Kier molecular flexibility index (Phi) is 5.69. The first kappa shape index (κ1) is 20.5. The summed E-state index contributed by atoms with van der Waals surface area (Å²) in [6.45, 7) is 6.15. The fourth-order valence-electron chi connectivity index (χ4n) is 5.03. The van der Waals surface area contributed by atoms with E-state index in [-0.39, 0.29) is 24.1 Å². The second-order valence-corrected chi connectivity index (χ2v) is 8.92. The molecule has 5 rings (SSSR count). The molecule has 3 unspecified atom stereocenters. The monoisotopic (exact) mass is 425 g/mol. The molecule has 2 N–H and O–H groups in total. The Morgan fingerprint density at radius 1 is 1.19 bits per heavy atom. The maximum absolute atomic E-state index is 12.9. The third kappa shape index (κ3) is 4.07. The van der Waals surface area contributed by atoms with E-state index in [1.165, 1.54) is 11.1 Å². The number of methoxy groups -OCH3 is 1. The lowest BCUT2D eigenvalue weighted by Crippen LogP contribution is -2.57. The standard InChI is InChI=1S/C23H31N5O3/c1-15-3-5-16(6-4-15)12-27-13-18(20(14-27)30-2)21-25-23(29)19-11-24-22(28(19)26-21)17-7-9-31-10-8-17/h3-6,11,17-18,20-21,26H,7-10,12-14H2,1-2H3,(H,25,29). The van der Waals surface area contributed by atoms with Crippen molar-refractivity contribution in [2.75, 3.05) is 38.8 Å². The molecule has 0 radical (unpaired) electrons. The minimum Gasteiger partial charge on any atom is -0.381 e. The predicted octanol–water partition coefficient (Wildman–Crippen LogP) is 1.85. The fraction of sp³-hybridized carbons (Fsp3) is 0.565. The summed E-state index contributed by atoms with van der Waals surface area (Å²) >= 11 is 0. The van der Waals surface area contributed by atoms with Crippen LogP contribution in [0.4, 0.5) is 0 Å². The lowest BCUT2D eigenvalue weighted by atomic mass is 9.99. The van der Waals surface area contributed by atoms with Crippen LogP contribution in [-0.4, -0.2) is 66.1 Å². The van der Waals surface area contributed by atoms with Crippen molar-refractivity contribution in [3.63, 3.8) is 0 Å². The van der Waals surface area contributed by atoms with Gasteiger partial charge in [0.25, 0.3) is 5.91 Å². The van der Waals surface area contributed by atoms with E-state index < -0.39 is 0 Å². The number of aryl methyl sites for hydroxylation is 1. The quantitative estimate of drug-likeness (QED) is 0.761. The van der Waals surface area contributed by atoms with Crippen LogP contribution in [0.1, 0.15) is 46.2 Å². The van der Waals surface area contributed by atoms with Gasteiger partial charge < -0.3 is 20.2 Å². The Balaban J connectivity index is 1.32. The molecule has 1 amide bonds. The lowest BCUT2D eigenvalue weighted by Gasteiger charge is -2.35. The van der Waals surface area contributed by atoms with Crippen LogP contribution in [0.3, 0.4) is 0 Å². The molecule has 166 valence electrons. The van der Waals surface area contributed by atoms with Gasteiger partial charge in [0.15, 0.2) is 0 Å². The lowest BCUT2D eigenvalue weighted by molar-refractivity contribution is 0.0605. The van der Waals surface area contributed by atoms with Crippen molar-refractivity contribution in [2.45, 2.75) is 44.5 Å². The van der Waals surface area contributed by atoms with Gasteiger partial charge in [0.1, 0.15) is 17.7 Å². The van der Waals surface area contributed by atoms with Crippen LogP contribution in [0.15, 0.2) is 30.5 Å². The highest BCUT2D eigenvalue weighted by Gasteiger charge is 2.42. The number of carbonyl (C=O) groups is 1. The molecule has 2 fully saturated rings. The van der Waals surface area contributed by atoms with E-state index in [0.29, 0.717) is 11.6 Å². The van der Waals surface area contributed by atoms with Gasteiger partial charge in [-0.2, -0.15) is 0 Å². The molecule has 1 aromatic heterocycles. The zero-order valence-corrected chi connectivity index (χ0v) is 18.2. The van der Waals surface area contributed by atoms with E-state index in [4.69, 9.17) is 9.47 Å². The molecule has 0 aliphatic carbocycles. The molecule has 8 nitrogen and oxygen atoms in total. The van der Waals surface area contributed by atoms with E-state index >= 15 is 0 Å². The van der Waals surface area contributed by atoms with Gasteiger partial charge in [0.2, 0.25) is 0 Å².